The SMILES string of the molecule is CN1CCN(c2ccc(Nc3ncc4cc5n(c4n3)C3(CCCCC3)CN(C(=O)OC(C)(C)C)C5=O)nc2)CC1. The average molecular weight is 547 g/mol. The monoisotopic (exact) mass is 546 g/mol. The summed E-state index contributed by atoms with van der Waals surface area (Å²) >= 11 is 0. The summed E-state index contributed by atoms with van der Waals surface area (Å²) in [6, 6.07) is 5.82. The molecule has 3 aromatic heterocycles. The first kappa shape index (κ1) is 26.5. The predicted octanol–water partition coefficient (Wildman–Crippen LogP) is 4.37. The number of ether oxygens (including phenoxy) is 1. The Morgan fingerprint density at radius 2 is 1.77 bits per heavy atom. The molecule has 3 aliphatic rings. The highest BCUT2D eigenvalue weighted by Crippen LogP contribution is 2.43. The quantitative estimate of drug-likeness (QED) is 0.512. The van der Waals surface area contributed by atoms with Gasteiger partial charge in [-0.15, -0.1) is 0 Å². The van der Waals surface area contributed by atoms with E-state index < -0.39 is 17.2 Å². The lowest BCUT2D eigenvalue weighted by molar-refractivity contribution is 0.00755. The molecule has 0 aromatic carbocycles. The molecule has 6 rings (SSSR count). The molecule has 0 unspecified atom stereocenters. The number of amides is 2. The molecule has 0 radical (unpaired) electrons. The van der Waals surface area contributed by atoms with Crippen LogP contribution in [0.15, 0.2) is 30.6 Å². The van der Waals surface area contributed by atoms with Gasteiger partial charge in [0.15, 0.2) is 0 Å². The number of anilines is 3. The van der Waals surface area contributed by atoms with Crippen LogP contribution in [0.25, 0.3) is 11.0 Å². The van der Waals surface area contributed by atoms with E-state index in [0.717, 1.165) is 69.4 Å². The minimum absolute atomic E-state index is 0.277. The Labute approximate surface area is 234 Å². The van der Waals surface area contributed by atoms with Gasteiger partial charge in [-0.3, -0.25) is 4.79 Å². The number of imide groups is 1. The van der Waals surface area contributed by atoms with Crippen LogP contribution in [-0.4, -0.2) is 86.7 Å². The molecule has 3 aromatic rings. The van der Waals surface area contributed by atoms with Crippen molar-refractivity contribution in [2.24, 2.45) is 0 Å². The van der Waals surface area contributed by atoms with E-state index in [2.05, 4.69) is 42.8 Å². The third kappa shape index (κ3) is 4.98. The highest BCUT2D eigenvalue weighted by Gasteiger charge is 2.47. The number of fused-ring (bicyclic) bond motifs is 4. The van der Waals surface area contributed by atoms with Crippen LogP contribution in [0.1, 0.15) is 63.4 Å². The van der Waals surface area contributed by atoms with Crippen LogP contribution in [0.3, 0.4) is 0 Å². The molecule has 2 amide bonds. The maximum atomic E-state index is 13.6. The number of hydrogen-bond acceptors (Lipinski definition) is 9. The molecule has 1 saturated heterocycles. The van der Waals surface area contributed by atoms with Gasteiger partial charge >= 0.3 is 6.09 Å². The third-order valence-electron chi connectivity index (χ3n) is 8.19. The van der Waals surface area contributed by atoms with Crippen LogP contribution in [0.2, 0.25) is 0 Å². The van der Waals surface area contributed by atoms with E-state index >= 15 is 0 Å². The van der Waals surface area contributed by atoms with E-state index in [9.17, 15) is 9.59 Å². The summed E-state index contributed by atoms with van der Waals surface area (Å²) in [7, 11) is 2.14. The fourth-order valence-electron chi connectivity index (χ4n) is 6.14. The Morgan fingerprint density at radius 1 is 1.02 bits per heavy atom. The van der Waals surface area contributed by atoms with E-state index in [-0.39, 0.29) is 12.5 Å². The van der Waals surface area contributed by atoms with Crippen molar-refractivity contribution < 1.29 is 14.3 Å². The Morgan fingerprint density at radius 3 is 2.45 bits per heavy atom. The number of carbonyl (C=O) groups excluding carboxylic acids is 2. The molecular formula is C29H38N8O3. The van der Waals surface area contributed by atoms with E-state index in [1.54, 1.807) is 12.3 Å². The van der Waals surface area contributed by atoms with Crippen molar-refractivity contribution in [2.75, 3.05) is 50.0 Å². The second-order valence-corrected chi connectivity index (χ2v) is 12.3. The zero-order chi connectivity index (χ0) is 28.1. The average Bonchev–Trinajstić information content (AvgIpc) is 3.32. The van der Waals surface area contributed by atoms with Crippen LogP contribution in [0, 0.1) is 0 Å². The highest BCUT2D eigenvalue weighted by molar-refractivity contribution is 6.06. The van der Waals surface area contributed by atoms with Gasteiger partial charge < -0.3 is 24.4 Å². The lowest BCUT2D eigenvalue weighted by atomic mass is 9.79. The van der Waals surface area contributed by atoms with Gasteiger partial charge in [0.2, 0.25) is 5.95 Å². The number of nitrogens with one attached hydrogen (secondary N) is 1. The first-order valence-electron chi connectivity index (χ1n) is 14.2. The second kappa shape index (κ2) is 10.0. The Hall–Kier alpha value is -3.73. The fourth-order valence-corrected chi connectivity index (χ4v) is 6.14. The Balaban J connectivity index is 1.30. The smallest absolute Gasteiger partial charge is 0.417 e. The minimum atomic E-state index is -0.690. The molecule has 1 N–H and O–H groups in total. The first-order valence-corrected chi connectivity index (χ1v) is 14.2. The summed E-state index contributed by atoms with van der Waals surface area (Å²) < 4.78 is 7.69. The number of carbonyl (C=O) groups is 2. The molecule has 0 bridgehead atoms. The van der Waals surface area contributed by atoms with Crippen molar-refractivity contribution in [3.63, 3.8) is 0 Å². The summed E-state index contributed by atoms with van der Waals surface area (Å²) in [6.45, 7) is 9.75. The van der Waals surface area contributed by atoms with Gasteiger partial charge in [-0.05, 0) is 58.9 Å². The highest BCUT2D eigenvalue weighted by atomic mass is 16.6. The number of pyridine rings is 1. The molecule has 11 nitrogen and oxygen atoms in total. The zero-order valence-electron chi connectivity index (χ0n) is 23.8. The molecular weight excluding hydrogens is 508 g/mol. The van der Waals surface area contributed by atoms with Crippen molar-refractivity contribution in [2.45, 2.75) is 64.0 Å². The van der Waals surface area contributed by atoms with Gasteiger partial charge in [0.25, 0.3) is 5.91 Å². The number of rotatable bonds is 3. The standard InChI is InChI=1S/C29H38N8O3/c1-28(2,3)40-27(39)36-19-29(10-6-5-7-11-29)37-22(25(36)38)16-20-17-31-26(33-24(20)37)32-23-9-8-21(18-30-23)35-14-12-34(4)13-15-35/h8-9,16-18H,5-7,10-15,19H2,1-4H3,(H,30,31,32,33). The molecule has 1 aliphatic carbocycles. The van der Waals surface area contributed by atoms with Crippen molar-refractivity contribution in [3.8, 4) is 0 Å². The topological polar surface area (TPSA) is 109 Å². The molecule has 2 aliphatic heterocycles. The van der Waals surface area contributed by atoms with E-state index in [0.29, 0.717) is 23.1 Å². The normalized spacial score (nSPS) is 19.6. The number of likely N-dealkylation sites (N-methyl/N-ethyl adjacent to an activating group) is 1. The number of piperazine rings is 1. The first-order chi connectivity index (χ1) is 19.1. The Bertz CT molecular complexity index is 1410. The van der Waals surface area contributed by atoms with Crippen LogP contribution >= 0.6 is 0 Å². The summed E-state index contributed by atoms with van der Waals surface area (Å²) in [5.41, 5.74) is 1.14. The van der Waals surface area contributed by atoms with Crippen LogP contribution in [-0.2, 0) is 10.3 Å². The molecule has 1 saturated carbocycles. The molecule has 1 spiro atoms. The van der Waals surface area contributed by atoms with Gasteiger partial charge in [-0.2, -0.15) is 4.98 Å². The summed E-state index contributed by atoms with van der Waals surface area (Å²) in [6.07, 6.45) is 7.91. The van der Waals surface area contributed by atoms with E-state index in [4.69, 9.17) is 9.72 Å². The number of nitrogens with zero attached hydrogens (tertiary/aromatic N) is 7. The van der Waals surface area contributed by atoms with Gasteiger partial charge in [0.1, 0.15) is 22.8 Å². The number of hydrogen-bond donors (Lipinski definition) is 1. The van der Waals surface area contributed by atoms with Crippen molar-refractivity contribution in [1.82, 2.24) is 29.3 Å². The maximum absolute atomic E-state index is 13.6. The minimum Gasteiger partial charge on any atom is -0.443 e. The van der Waals surface area contributed by atoms with E-state index in [1.165, 1.54) is 4.90 Å². The lowest BCUT2D eigenvalue weighted by Gasteiger charge is -2.46. The van der Waals surface area contributed by atoms with Crippen LogP contribution in [0.5, 0.6) is 0 Å². The largest absolute Gasteiger partial charge is 0.443 e. The number of aromatic nitrogens is 4. The molecule has 2 fully saturated rings. The lowest BCUT2D eigenvalue weighted by Crippen LogP contribution is -2.56. The van der Waals surface area contributed by atoms with Gasteiger partial charge in [-0.25, -0.2) is 19.7 Å². The van der Waals surface area contributed by atoms with Crippen molar-refractivity contribution in [1.29, 1.82) is 0 Å². The second-order valence-electron chi connectivity index (χ2n) is 12.3. The summed E-state index contributed by atoms with van der Waals surface area (Å²) in [4.78, 5) is 46.7. The predicted molar refractivity (Wildman–Crippen MR) is 153 cm³/mol. The summed E-state index contributed by atoms with van der Waals surface area (Å²) in [5, 5.41) is 4.01. The molecule has 212 valence electrons. The van der Waals surface area contributed by atoms with E-state index in [1.807, 2.05) is 33.0 Å². The van der Waals surface area contributed by atoms with Crippen molar-refractivity contribution >= 4 is 40.5 Å². The molecule has 0 atom stereocenters. The zero-order valence-corrected chi connectivity index (χ0v) is 23.8. The van der Waals surface area contributed by atoms with Gasteiger partial charge in [0.05, 0.1) is 24.0 Å². The maximum Gasteiger partial charge on any atom is 0.417 e. The van der Waals surface area contributed by atoms with Gasteiger partial charge in [0, 0.05) is 37.8 Å². The third-order valence-corrected chi connectivity index (χ3v) is 8.19. The summed E-state index contributed by atoms with van der Waals surface area (Å²) in [5.74, 6) is 0.711. The van der Waals surface area contributed by atoms with Gasteiger partial charge in [-0.1, -0.05) is 19.3 Å². The van der Waals surface area contributed by atoms with Crippen LogP contribution in [0.4, 0.5) is 22.2 Å². The van der Waals surface area contributed by atoms with Crippen molar-refractivity contribution in [3.05, 3.63) is 36.3 Å². The molecule has 40 heavy (non-hydrogen) atoms. The fraction of sp³-hybridized carbons (Fsp3) is 0.552. The Kier molecular flexibility index (Phi) is 6.64. The molecule has 11 heteroatoms. The molecule has 5 heterocycles. The van der Waals surface area contributed by atoms with Crippen LogP contribution < -0.4 is 10.2 Å².